The van der Waals surface area contributed by atoms with Gasteiger partial charge in [0.15, 0.2) is 5.11 Å². The van der Waals surface area contributed by atoms with Crippen LogP contribution in [0.2, 0.25) is 0 Å². The lowest BCUT2D eigenvalue weighted by Crippen LogP contribution is -2.46. The maximum atomic E-state index is 13.8. The number of thiocarbonyl (C=S) groups is 1. The van der Waals surface area contributed by atoms with Gasteiger partial charge in [-0.05, 0) is 195 Å². The molecule has 8 heterocycles. The Hall–Kier alpha value is -7.55. The predicted octanol–water partition coefficient (Wildman–Crippen LogP) is 12.1. The number of guanidine groups is 1. The predicted molar refractivity (Wildman–Crippen MR) is 354 cm³/mol. The van der Waals surface area contributed by atoms with Crippen LogP contribution in [0.25, 0.3) is 22.5 Å². The van der Waals surface area contributed by atoms with Crippen molar-refractivity contribution in [2.75, 3.05) is 39.4 Å². The van der Waals surface area contributed by atoms with Crippen LogP contribution in [0, 0.1) is 38.5 Å². The zero-order valence-corrected chi connectivity index (χ0v) is 56.2. The third-order valence-electron chi connectivity index (χ3n) is 18.1. The number of carbonyl (C=O) groups is 4. The number of aliphatic imine (C=N–C) groups is 1. The van der Waals surface area contributed by atoms with E-state index in [4.69, 9.17) is 36.2 Å². The summed E-state index contributed by atoms with van der Waals surface area (Å²) in [7, 11) is 0. The van der Waals surface area contributed by atoms with Gasteiger partial charge >= 0.3 is 12.2 Å². The number of alkyl carbamates (subject to hydrolysis) is 2. The van der Waals surface area contributed by atoms with E-state index in [2.05, 4.69) is 127 Å². The minimum Gasteiger partial charge on any atom is -0.475 e. The molecular weight excluding hydrogens is 1160 g/mol. The van der Waals surface area contributed by atoms with Crippen molar-refractivity contribution in [3.63, 3.8) is 0 Å². The highest BCUT2D eigenvalue weighted by Gasteiger charge is 2.48. The molecule has 3 aromatic heterocycles. The molecule has 4 bridgehead atoms. The first-order valence-electron chi connectivity index (χ1n) is 32.4. The van der Waals surface area contributed by atoms with E-state index in [1.165, 1.54) is 5.56 Å². The number of likely N-dealkylation sites (tertiary alicyclic amines) is 1. The molecule has 3 atom stereocenters. The fraction of sp³-hybridized carbons (Fsp3) is 0.580. The lowest BCUT2D eigenvalue weighted by molar-refractivity contribution is -0.144. The normalized spacial score (nSPS) is 20.2. The molecule has 0 radical (unpaired) electrons. The number of rotatable bonds is 19. The average molecular weight is 1250 g/mol. The maximum absolute atomic E-state index is 13.8. The Balaban J connectivity index is 0.000000219. The summed E-state index contributed by atoms with van der Waals surface area (Å²) in [4.78, 5) is 67.7. The van der Waals surface area contributed by atoms with E-state index in [0.29, 0.717) is 60.9 Å². The summed E-state index contributed by atoms with van der Waals surface area (Å²) in [5, 5.41) is 24.5. The van der Waals surface area contributed by atoms with Crippen molar-refractivity contribution >= 4 is 47.3 Å². The van der Waals surface area contributed by atoms with Crippen molar-refractivity contribution in [3.8, 4) is 34.3 Å². The number of hydrogen-bond donors (Lipinski definition) is 5. The summed E-state index contributed by atoms with van der Waals surface area (Å²) in [5.41, 5.74) is 9.92. The Labute approximate surface area is 537 Å². The number of amides is 4. The standard InChI is InChI=1S/C39H53N7O4.C30H43N5O4S/c1-24(2)50-38(48)42-37(45-17-14-29(22-45)28-12-15-40-16-13-28)41-21-27(5)33-34(30-19-25(3)18-26(4)20-30)43-44-35(33)49-23-39(6,7)36(47)46-31-8-9-32(46)11-10-31;1-17(2)39-29(37)32-28(40)31-15-20(5)24-25(21-13-18(3)12-19(4)14-21)33-34-26(24)38-16-30(6,7)27(36)35-22-8-9-23(35)11-10-22/h12-13,15-16,18-20,24,27,29,31-32H,8-11,14,17,21-23H2,1-7H3,(H,43,44)(H,41,42,48);12-14,17,20,22-23H,8-11,15-16H2,1-7H3,(H,33,34)(H2,31,32,37,40)/t27-,29?,31?,32?;20-,22?,23?/m11/s1. The Morgan fingerprint density at radius 3 is 1.48 bits per heavy atom. The monoisotopic (exact) mass is 1250 g/mol. The lowest BCUT2D eigenvalue weighted by atomic mass is 9.92. The highest BCUT2D eigenvalue weighted by Crippen LogP contribution is 2.44. The van der Waals surface area contributed by atoms with Crippen molar-refractivity contribution in [3.05, 3.63) is 99.9 Å². The number of aryl methyl sites for hydroxylation is 4. The van der Waals surface area contributed by atoms with Crippen LogP contribution in [0.1, 0.15) is 184 Å². The van der Waals surface area contributed by atoms with Gasteiger partial charge in [-0.15, -0.1) is 10.2 Å². The molecule has 0 spiro atoms. The number of aromatic nitrogens is 5. The lowest BCUT2D eigenvalue weighted by Gasteiger charge is -2.32. The van der Waals surface area contributed by atoms with Gasteiger partial charge in [-0.2, -0.15) is 0 Å². The average Bonchev–Trinajstić information content (AvgIpc) is 1.81. The van der Waals surface area contributed by atoms with Crippen molar-refractivity contribution in [2.24, 2.45) is 15.8 Å². The summed E-state index contributed by atoms with van der Waals surface area (Å²) in [6.45, 7) is 30.2. The quantitative estimate of drug-likeness (QED) is 0.0294. The van der Waals surface area contributed by atoms with Crippen LogP contribution in [-0.2, 0) is 19.1 Å². The van der Waals surface area contributed by atoms with Crippen LogP contribution in [0.3, 0.4) is 0 Å². The first-order valence-corrected chi connectivity index (χ1v) is 32.8. The van der Waals surface area contributed by atoms with Crippen LogP contribution in [-0.4, -0.2) is 151 Å². The second-order valence-electron chi connectivity index (χ2n) is 27.6. The van der Waals surface area contributed by atoms with E-state index < -0.39 is 23.0 Å². The van der Waals surface area contributed by atoms with E-state index in [1.54, 1.807) is 13.8 Å². The molecule has 5 aromatic rings. The number of pyridine rings is 1. The molecule has 1 unspecified atom stereocenters. The molecule has 5 aliphatic rings. The molecule has 20 nitrogen and oxygen atoms in total. The Bertz CT molecular complexity index is 3310. The fourth-order valence-corrected chi connectivity index (χ4v) is 13.9. The number of nitrogens with zero attached hydrogens (tertiary/aromatic N) is 7. The van der Waals surface area contributed by atoms with Gasteiger partial charge in [-0.25, -0.2) is 9.59 Å². The second kappa shape index (κ2) is 28.7. The summed E-state index contributed by atoms with van der Waals surface area (Å²) >= 11 is 5.31. The molecule has 5 saturated heterocycles. The van der Waals surface area contributed by atoms with Gasteiger partial charge in [0.25, 0.3) is 0 Å². The van der Waals surface area contributed by atoms with Crippen molar-refractivity contribution in [1.29, 1.82) is 0 Å². The van der Waals surface area contributed by atoms with Gasteiger partial charge in [-0.3, -0.25) is 40.4 Å². The number of H-pyrrole nitrogens is 2. The molecule has 90 heavy (non-hydrogen) atoms. The molecule has 5 aliphatic heterocycles. The number of fused-ring (bicyclic) bond motifs is 4. The van der Waals surface area contributed by atoms with Gasteiger partial charge in [0.1, 0.15) is 13.2 Å². The Morgan fingerprint density at radius 1 is 0.622 bits per heavy atom. The molecule has 21 heteroatoms. The molecule has 0 saturated carbocycles. The van der Waals surface area contributed by atoms with E-state index in [1.807, 2.05) is 73.0 Å². The SMILES string of the molecule is Cc1cc(C)cc(-c2[nH]nc(OCC(C)(C)C(=O)N3C4CCC3CC4)c2[C@H](C)CN=C(NC(=O)OC(C)C)N2CCC(c3ccncc3)C2)c1.Cc1cc(C)cc(-c2[nH]nc(OCC(C)(C)C(=O)N3C4CCC3CC4)c2[C@H](C)CNC(=S)NC(=O)OC(C)C)c1. The molecule has 4 amide bonds. The van der Waals surface area contributed by atoms with Gasteiger partial charge in [-0.1, -0.05) is 48.2 Å². The minimum absolute atomic E-state index is 0.0984. The van der Waals surface area contributed by atoms with Crippen molar-refractivity contribution in [1.82, 2.24) is 56.0 Å². The van der Waals surface area contributed by atoms with E-state index in [-0.39, 0.29) is 54.2 Å². The van der Waals surface area contributed by atoms with Crippen molar-refractivity contribution in [2.45, 2.75) is 209 Å². The number of carbonyl (C=O) groups excluding carboxylic acids is 4. The minimum atomic E-state index is -0.710. The molecule has 0 aliphatic carbocycles. The number of benzene rings is 2. The summed E-state index contributed by atoms with van der Waals surface area (Å²) in [6, 6.07) is 18.3. The molecule has 486 valence electrons. The van der Waals surface area contributed by atoms with E-state index in [0.717, 1.165) is 127 Å². The van der Waals surface area contributed by atoms with Crippen LogP contribution >= 0.6 is 12.2 Å². The third-order valence-corrected chi connectivity index (χ3v) is 18.3. The molecule has 10 rings (SSSR count). The first kappa shape index (κ1) is 66.9. The topological polar surface area (TPSA) is 234 Å². The molecule has 5 fully saturated rings. The number of hydrogen-bond acceptors (Lipinski definition) is 13. The van der Waals surface area contributed by atoms with Crippen molar-refractivity contribution < 1.29 is 38.1 Å². The zero-order chi connectivity index (χ0) is 64.8. The highest BCUT2D eigenvalue weighted by molar-refractivity contribution is 7.80. The summed E-state index contributed by atoms with van der Waals surface area (Å²) in [5.74, 6) is 1.80. The highest BCUT2D eigenvalue weighted by atomic mass is 32.1. The van der Waals surface area contributed by atoms with Crippen LogP contribution in [0.5, 0.6) is 11.8 Å². The van der Waals surface area contributed by atoms with Crippen LogP contribution in [0.15, 0.2) is 65.9 Å². The first-order chi connectivity index (χ1) is 42.7. The molecular formula is C69H96N12O8S. The molecule has 2 aromatic carbocycles. The van der Waals surface area contributed by atoms with Gasteiger partial charge in [0.05, 0.1) is 34.4 Å². The van der Waals surface area contributed by atoms with Crippen LogP contribution < -0.4 is 25.4 Å². The second-order valence-corrected chi connectivity index (χ2v) is 28.0. The number of nitrogens with one attached hydrogen (secondary N) is 5. The van der Waals surface area contributed by atoms with Gasteiger partial charge < -0.3 is 39.0 Å². The largest absolute Gasteiger partial charge is 0.475 e. The third kappa shape index (κ3) is 16.1. The van der Waals surface area contributed by atoms with Crippen LogP contribution in [0.4, 0.5) is 9.59 Å². The Morgan fingerprint density at radius 2 is 1.04 bits per heavy atom. The Kier molecular flexibility index (Phi) is 21.3. The van der Waals surface area contributed by atoms with E-state index in [9.17, 15) is 19.2 Å². The smallest absolute Gasteiger partial charge is 0.414 e. The number of ether oxygens (including phenoxy) is 4. The van der Waals surface area contributed by atoms with Gasteiger partial charge in [0, 0.05) is 103 Å². The summed E-state index contributed by atoms with van der Waals surface area (Å²) < 4.78 is 23.4. The van der Waals surface area contributed by atoms with Gasteiger partial charge in [0.2, 0.25) is 29.5 Å². The molecule has 5 N–H and O–H groups in total. The van der Waals surface area contributed by atoms with E-state index >= 15 is 0 Å². The zero-order valence-electron chi connectivity index (χ0n) is 55.4. The fourth-order valence-electron chi connectivity index (χ4n) is 13.7. The number of aromatic amines is 2. The maximum Gasteiger partial charge on any atom is 0.414 e. The summed E-state index contributed by atoms with van der Waals surface area (Å²) in [6.07, 6.45) is 11.7.